The van der Waals surface area contributed by atoms with Gasteiger partial charge in [-0.25, -0.2) is 4.99 Å². The molecule has 3 aromatic rings. The molecule has 0 aliphatic heterocycles. The Kier molecular flexibility index (Phi) is 5.84. The van der Waals surface area contributed by atoms with Gasteiger partial charge in [0.25, 0.3) is 0 Å². The summed E-state index contributed by atoms with van der Waals surface area (Å²) in [6.07, 6.45) is 1.66. The van der Waals surface area contributed by atoms with Gasteiger partial charge in [0.15, 0.2) is 0 Å². The van der Waals surface area contributed by atoms with Crippen molar-refractivity contribution >= 4 is 11.6 Å². The maximum Gasteiger partial charge on any atom is 0.225 e. The van der Waals surface area contributed by atoms with Crippen molar-refractivity contribution in [2.75, 3.05) is 0 Å². The molecule has 0 fully saturated rings. The summed E-state index contributed by atoms with van der Waals surface area (Å²) < 4.78 is 11.7. The normalized spacial score (nSPS) is 11.9. The van der Waals surface area contributed by atoms with Gasteiger partial charge < -0.3 is 9.47 Å². The van der Waals surface area contributed by atoms with Crippen molar-refractivity contribution in [2.24, 2.45) is 4.99 Å². The Bertz CT molecular complexity index is 883. The number of hydrogen-bond acceptors (Lipinski definition) is 3. The molecule has 0 heterocycles. The number of nitrogens with zero attached hydrogens (tertiary/aromatic N) is 1. The van der Waals surface area contributed by atoms with Crippen LogP contribution in [0.4, 0.5) is 5.69 Å². The molecule has 0 amide bonds. The molecule has 0 saturated heterocycles. The van der Waals surface area contributed by atoms with Crippen molar-refractivity contribution in [3.63, 3.8) is 0 Å². The van der Waals surface area contributed by atoms with Gasteiger partial charge in [-0.2, -0.15) is 0 Å². The Morgan fingerprint density at radius 2 is 1.38 bits per heavy atom. The first kappa shape index (κ1) is 17.5. The Hall–Kier alpha value is -3.33. The van der Waals surface area contributed by atoms with Gasteiger partial charge in [-0.3, -0.25) is 0 Å². The Balaban J connectivity index is 1.86. The lowest BCUT2D eigenvalue weighted by atomic mass is 10.2. The van der Waals surface area contributed by atoms with E-state index in [1.807, 2.05) is 98.8 Å². The molecule has 3 nitrogen and oxygen atoms in total. The van der Waals surface area contributed by atoms with E-state index >= 15 is 0 Å². The van der Waals surface area contributed by atoms with Gasteiger partial charge in [-0.1, -0.05) is 54.1 Å². The van der Waals surface area contributed by atoms with Crippen LogP contribution in [-0.4, -0.2) is 5.90 Å². The van der Waals surface area contributed by atoms with Crippen LogP contribution in [0, 0.1) is 6.92 Å². The molecule has 0 spiro atoms. The first-order valence-electron chi connectivity index (χ1n) is 8.48. The summed E-state index contributed by atoms with van der Waals surface area (Å²) in [6, 6.07) is 27.2. The summed E-state index contributed by atoms with van der Waals surface area (Å²) >= 11 is 0. The Morgan fingerprint density at radius 1 is 0.769 bits per heavy atom. The van der Waals surface area contributed by atoms with E-state index in [1.54, 1.807) is 6.26 Å². The van der Waals surface area contributed by atoms with Crippen LogP contribution in [-0.2, 0) is 0 Å². The minimum Gasteiger partial charge on any atom is -0.465 e. The number of para-hydroxylation sites is 2. The van der Waals surface area contributed by atoms with E-state index in [0.29, 0.717) is 5.90 Å². The molecule has 0 unspecified atom stereocenters. The second-order valence-electron chi connectivity index (χ2n) is 5.90. The molecular weight excluding hydrogens is 322 g/mol. The summed E-state index contributed by atoms with van der Waals surface area (Å²) in [4.78, 5) is 4.63. The molecule has 0 saturated carbocycles. The van der Waals surface area contributed by atoms with Crippen molar-refractivity contribution in [2.45, 2.75) is 13.8 Å². The van der Waals surface area contributed by atoms with Gasteiger partial charge in [0.1, 0.15) is 11.5 Å². The summed E-state index contributed by atoms with van der Waals surface area (Å²) in [7, 11) is 0. The topological polar surface area (TPSA) is 30.8 Å². The predicted molar refractivity (Wildman–Crippen MR) is 106 cm³/mol. The largest absolute Gasteiger partial charge is 0.465 e. The molecule has 3 rings (SSSR count). The lowest BCUT2D eigenvalue weighted by Crippen LogP contribution is -2.10. The zero-order chi connectivity index (χ0) is 18.2. The fraction of sp³-hybridized carbons (Fsp3) is 0.0870. The van der Waals surface area contributed by atoms with Crippen LogP contribution in [0.2, 0.25) is 0 Å². The quantitative estimate of drug-likeness (QED) is 0.319. The summed E-state index contributed by atoms with van der Waals surface area (Å²) in [5.74, 6) is 2.00. The standard InChI is InChI=1S/C23H21NO2/c1-18-13-15-22(16-14-18)26-23(24-20-9-5-3-6-10-20)19(2)17-25-21-11-7-4-8-12-21/h3-17H,1-2H3. The minimum atomic E-state index is 0.496. The minimum absolute atomic E-state index is 0.496. The summed E-state index contributed by atoms with van der Waals surface area (Å²) in [5.41, 5.74) is 2.79. The van der Waals surface area contributed by atoms with Crippen molar-refractivity contribution in [3.05, 3.63) is 102 Å². The fourth-order valence-electron chi connectivity index (χ4n) is 2.24. The average Bonchev–Trinajstić information content (AvgIpc) is 2.69. The van der Waals surface area contributed by atoms with Crippen LogP contribution in [0.15, 0.2) is 102 Å². The number of rotatable bonds is 5. The van der Waals surface area contributed by atoms with Gasteiger partial charge in [0.2, 0.25) is 5.90 Å². The van der Waals surface area contributed by atoms with Crippen LogP contribution in [0.5, 0.6) is 11.5 Å². The van der Waals surface area contributed by atoms with Gasteiger partial charge in [-0.05, 0) is 50.2 Å². The van der Waals surface area contributed by atoms with Crippen molar-refractivity contribution in [3.8, 4) is 11.5 Å². The zero-order valence-corrected chi connectivity index (χ0v) is 14.9. The molecule has 0 radical (unpaired) electrons. The monoisotopic (exact) mass is 343 g/mol. The zero-order valence-electron chi connectivity index (χ0n) is 14.9. The van der Waals surface area contributed by atoms with Crippen LogP contribution in [0.25, 0.3) is 0 Å². The van der Waals surface area contributed by atoms with Crippen LogP contribution in [0.1, 0.15) is 12.5 Å². The summed E-state index contributed by atoms with van der Waals surface area (Å²) in [6.45, 7) is 3.96. The van der Waals surface area contributed by atoms with E-state index in [4.69, 9.17) is 9.47 Å². The molecule has 0 bridgehead atoms. The number of benzene rings is 3. The van der Waals surface area contributed by atoms with Crippen molar-refractivity contribution < 1.29 is 9.47 Å². The molecule has 130 valence electrons. The highest BCUT2D eigenvalue weighted by atomic mass is 16.5. The van der Waals surface area contributed by atoms with Crippen LogP contribution < -0.4 is 9.47 Å². The van der Waals surface area contributed by atoms with E-state index in [0.717, 1.165) is 22.8 Å². The van der Waals surface area contributed by atoms with E-state index in [-0.39, 0.29) is 0 Å². The van der Waals surface area contributed by atoms with Crippen molar-refractivity contribution in [1.82, 2.24) is 0 Å². The van der Waals surface area contributed by atoms with Crippen molar-refractivity contribution in [1.29, 1.82) is 0 Å². The lowest BCUT2D eigenvalue weighted by Gasteiger charge is -2.10. The highest BCUT2D eigenvalue weighted by Gasteiger charge is 2.08. The van der Waals surface area contributed by atoms with E-state index in [1.165, 1.54) is 5.56 Å². The number of aliphatic imine (C=N–C) groups is 1. The van der Waals surface area contributed by atoms with E-state index < -0.39 is 0 Å². The molecule has 3 heteroatoms. The first-order valence-corrected chi connectivity index (χ1v) is 8.48. The Morgan fingerprint density at radius 3 is 2.04 bits per heavy atom. The maximum atomic E-state index is 6.03. The average molecular weight is 343 g/mol. The first-order chi connectivity index (χ1) is 12.7. The number of ether oxygens (including phenoxy) is 2. The smallest absolute Gasteiger partial charge is 0.225 e. The van der Waals surface area contributed by atoms with Crippen LogP contribution >= 0.6 is 0 Å². The Labute approximate surface area is 154 Å². The molecule has 0 aliphatic carbocycles. The summed E-state index contributed by atoms with van der Waals surface area (Å²) in [5, 5.41) is 0. The van der Waals surface area contributed by atoms with E-state index in [2.05, 4.69) is 4.99 Å². The molecule has 3 aromatic carbocycles. The SMILES string of the molecule is CC(=COc1ccccc1)C(=Nc1ccccc1)Oc1ccc(C)cc1. The molecule has 0 aromatic heterocycles. The molecule has 0 atom stereocenters. The highest BCUT2D eigenvalue weighted by Crippen LogP contribution is 2.18. The van der Waals surface area contributed by atoms with E-state index in [9.17, 15) is 0 Å². The lowest BCUT2D eigenvalue weighted by molar-refractivity contribution is 0.473. The maximum absolute atomic E-state index is 6.03. The molecular formula is C23H21NO2. The molecule has 0 N–H and O–H groups in total. The van der Waals surface area contributed by atoms with Gasteiger partial charge in [-0.15, -0.1) is 0 Å². The fourth-order valence-corrected chi connectivity index (χ4v) is 2.24. The number of aryl methyl sites for hydroxylation is 1. The second-order valence-corrected chi connectivity index (χ2v) is 5.90. The third-order valence-corrected chi connectivity index (χ3v) is 3.67. The van der Waals surface area contributed by atoms with Gasteiger partial charge >= 0.3 is 0 Å². The van der Waals surface area contributed by atoms with Crippen LogP contribution in [0.3, 0.4) is 0 Å². The number of hydrogen-bond donors (Lipinski definition) is 0. The van der Waals surface area contributed by atoms with Gasteiger partial charge in [0.05, 0.1) is 11.9 Å². The third kappa shape index (κ3) is 5.08. The predicted octanol–water partition coefficient (Wildman–Crippen LogP) is 6.09. The molecule has 26 heavy (non-hydrogen) atoms. The van der Waals surface area contributed by atoms with Gasteiger partial charge in [0, 0.05) is 5.57 Å². The second kappa shape index (κ2) is 8.67. The highest BCUT2D eigenvalue weighted by molar-refractivity contribution is 5.96. The third-order valence-electron chi connectivity index (χ3n) is 3.67. The molecule has 0 aliphatic rings.